The van der Waals surface area contributed by atoms with E-state index in [0.717, 1.165) is 11.0 Å². The van der Waals surface area contributed by atoms with Crippen LogP contribution in [0.1, 0.15) is 11.7 Å². The van der Waals surface area contributed by atoms with Gasteiger partial charge in [0.2, 0.25) is 0 Å². The number of halogens is 3. The first-order valence-electron chi connectivity index (χ1n) is 5.34. The summed E-state index contributed by atoms with van der Waals surface area (Å²) < 4.78 is 42.8. The Morgan fingerprint density at radius 3 is 2.74 bits per heavy atom. The maximum Gasteiger partial charge on any atom is 0.471 e. The van der Waals surface area contributed by atoms with Crippen LogP contribution in [0.4, 0.5) is 13.2 Å². The van der Waals surface area contributed by atoms with Gasteiger partial charge in [0.15, 0.2) is 5.82 Å². The molecule has 0 spiro atoms. The summed E-state index contributed by atoms with van der Waals surface area (Å²) in [6, 6.07) is 7.27. The fraction of sp³-hybridized carbons (Fsp3) is 0.182. The van der Waals surface area contributed by atoms with Crippen LogP contribution in [-0.4, -0.2) is 19.7 Å². The maximum atomic E-state index is 12.3. The van der Waals surface area contributed by atoms with Crippen molar-refractivity contribution in [3.63, 3.8) is 0 Å². The van der Waals surface area contributed by atoms with Crippen molar-refractivity contribution in [3.05, 3.63) is 42.3 Å². The molecule has 0 atom stereocenters. The molecule has 0 fully saturated rings. The number of aromatic nitrogens is 4. The minimum Gasteiger partial charge on any atom is -0.329 e. The second kappa shape index (κ2) is 4.08. The molecule has 3 rings (SSSR count). The standard InChI is InChI=1S/C11H7F3N4O/c12-11(13,14)10-16-9(17-19-10)5-18-6-15-7-3-1-2-4-8(7)18/h1-4,6H,5H2. The summed E-state index contributed by atoms with van der Waals surface area (Å²) in [7, 11) is 0. The molecule has 0 saturated carbocycles. The van der Waals surface area contributed by atoms with E-state index in [1.165, 1.54) is 6.33 Å². The van der Waals surface area contributed by atoms with Crippen molar-refractivity contribution in [3.8, 4) is 0 Å². The fourth-order valence-corrected chi connectivity index (χ4v) is 1.72. The number of benzene rings is 1. The summed E-state index contributed by atoms with van der Waals surface area (Å²) in [5.41, 5.74) is 1.54. The van der Waals surface area contributed by atoms with E-state index in [1.54, 1.807) is 4.57 Å². The Hall–Kier alpha value is -2.38. The molecular formula is C11H7F3N4O. The Bertz CT molecular complexity index is 716. The third kappa shape index (κ3) is 2.16. The molecule has 2 aromatic heterocycles. The first-order chi connectivity index (χ1) is 9.04. The quantitative estimate of drug-likeness (QED) is 0.716. The highest BCUT2D eigenvalue weighted by Gasteiger charge is 2.38. The maximum absolute atomic E-state index is 12.3. The van der Waals surface area contributed by atoms with Crippen LogP contribution < -0.4 is 0 Å². The van der Waals surface area contributed by atoms with Gasteiger partial charge in [-0.15, -0.1) is 0 Å². The lowest BCUT2D eigenvalue weighted by Gasteiger charge is -1.99. The van der Waals surface area contributed by atoms with Crippen molar-refractivity contribution >= 4 is 11.0 Å². The van der Waals surface area contributed by atoms with E-state index in [2.05, 4.69) is 19.6 Å². The van der Waals surface area contributed by atoms with Gasteiger partial charge in [-0.25, -0.2) is 4.98 Å². The molecular weight excluding hydrogens is 261 g/mol. The third-order valence-electron chi connectivity index (χ3n) is 2.55. The van der Waals surface area contributed by atoms with E-state index in [-0.39, 0.29) is 12.4 Å². The molecule has 0 amide bonds. The number of para-hydroxylation sites is 2. The zero-order valence-electron chi connectivity index (χ0n) is 9.42. The molecule has 8 heteroatoms. The zero-order valence-corrected chi connectivity index (χ0v) is 9.42. The highest BCUT2D eigenvalue weighted by molar-refractivity contribution is 5.74. The first-order valence-corrected chi connectivity index (χ1v) is 5.34. The van der Waals surface area contributed by atoms with Gasteiger partial charge in [0.25, 0.3) is 0 Å². The smallest absolute Gasteiger partial charge is 0.329 e. The van der Waals surface area contributed by atoms with Gasteiger partial charge in [-0.1, -0.05) is 17.3 Å². The lowest BCUT2D eigenvalue weighted by molar-refractivity contribution is -0.159. The number of fused-ring (bicyclic) bond motifs is 1. The van der Waals surface area contributed by atoms with Gasteiger partial charge >= 0.3 is 12.1 Å². The second-order valence-corrected chi connectivity index (χ2v) is 3.87. The predicted octanol–water partition coefficient (Wildman–Crippen LogP) is 2.49. The fourth-order valence-electron chi connectivity index (χ4n) is 1.72. The van der Waals surface area contributed by atoms with Crippen LogP contribution in [0.2, 0.25) is 0 Å². The number of hydrogen-bond acceptors (Lipinski definition) is 4. The molecule has 0 bridgehead atoms. The monoisotopic (exact) mass is 268 g/mol. The molecule has 0 aliphatic carbocycles. The molecule has 3 aromatic rings. The molecule has 0 radical (unpaired) electrons. The SMILES string of the molecule is FC(F)(F)c1nc(Cn2cnc3ccccc32)no1. The van der Waals surface area contributed by atoms with Crippen LogP contribution in [0, 0.1) is 0 Å². The van der Waals surface area contributed by atoms with Crippen LogP contribution in [0.15, 0.2) is 35.1 Å². The van der Waals surface area contributed by atoms with Crippen LogP contribution in [0.25, 0.3) is 11.0 Å². The van der Waals surface area contributed by atoms with E-state index >= 15 is 0 Å². The van der Waals surface area contributed by atoms with E-state index in [0.29, 0.717) is 0 Å². The molecule has 2 heterocycles. The Kier molecular flexibility index (Phi) is 2.51. The number of hydrogen-bond donors (Lipinski definition) is 0. The van der Waals surface area contributed by atoms with Gasteiger partial charge in [0, 0.05) is 0 Å². The topological polar surface area (TPSA) is 56.7 Å². The van der Waals surface area contributed by atoms with Crippen molar-refractivity contribution in [1.82, 2.24) is 19.7 Å². The van der Waals surface area contributed by atoms with Gasteiger partial charge in [0.05, 0.1) is 23.9 Å². The molecule has 0 unspecified atom stereocenters. The summed E-state index contributed by atoms with van der Waals surface area (Å²) in [5, 5.41) is 3.31. The molecule has 5 nitrogen and oxygen atoms in total. The molecule has 0 aliphatic heterocycles. The Morgan fingerprint density at radius 1 is 1.21 bits per heavy atom. The van der Waals surface area contributed by atoms with Gasteiger partial charge in [-0.3, -0.25) is 0 Å². The predicted molar refractivity (Wildman–Crippen MR) is 58.1 cm³/mol. The van der Waals surface area contributed by atoms with E-state index in [4.69, 9.17) is 0 Å². The number of rotatable bonds is 2. The highest BCUT2D eigenvalue weighted by Crippen LogP contribution is 2.27. The largest absolute Gasteiger partial charge is 0.471 e. The van der Waals surface area contributed by atoms with E-state index < -0.39 is 12.1 Å². The van der Waals surface area contributed by atoms with Crippen molar-refractivity contribution in [2.24, 2.45) is 0 Å². The summed E-state index contributed by atoms with van der Waals surface area (Å²) in [6.07, 6.45) is -3.10. The highest BCUT2D eigenvalue weighted by atomic mass is 19.4. The third-order valence-corrected chi connectivity index (χ3v) is 2.55. The Labute approximate surface area is 104 Å². The number of imidazole rings is 1. The number of nitrogens with zero attached hydrogens (tertiary/aromatic N) is 4. The van der Waals surface area contributed by atoms with Gasteiger partial charge in [-0.05, 0) is 12.1 Å². The Morgan fingerprint density at radius 2 is 2.00 bits per heavy atom. The molecule has 1 aromatic carbocycles. The van der Waals surface area contributed by atoms with Gasteiger partial charge in [0.1, 0.15) is 0 Å². The van der Waals surface area contributed by atoms with Crippen molar-refractivity contribution in [2.75, 3.05) is 0 Å². The van der Waals surface area contributed by atoms with Crippen LogP contribution in [0.3, 0.4) is 0 Å². The van der Waals surface area contributed by atoms with E-state index in [1.807, 2.05) is 24.3 Å². The van der Waals surface area contributed by atoms with E-state index in [9.17, 15) is 13.2 Å². The average molecular weight is 268 g/mol. The minimum absolute atomic E-state index is 0.0459. The lowest BCUT2D eigenvalue weighted by Crippen LogP contribution is -2.06. The molecule has 0 N–H and O–H groups in total. The van der Waals surface area contributed by atoms with Crippen molar-refractivity contribution in [1.29, 1.82) is 0 Å². The summed E-state index contributed by atoms with van der Waals surface area (Å²) in [4.78, 5) is 7.44. The zero-order chi connectivity index (χ0) is 13.5. The van der Waals surface area contributed by atoms with Crippen molar-refractivity contribution in [2.45, 2.75) is 12.7 Å². The van der Waals surface area contributed by atoms with Crippen LogP contribution >= 0.6 is 0 Å². The normalized spacial score (nSPS) is 12.2. The van der Waals surface area contributed by atoms with Crippen LogP contribution in [-0.2, 0) is 12.7 Å². The number of alkyl halides is 3. The average Bonchev–Trinajstić information content (AvgIpc) is 2.97. The summed E-state index contributed by atoms with van der Waals surface area (Å²) >= 11 is 0. The molecule has 19 heavy (non-hydrogen) atoms. The van der Waals surface area contributed by atoms with Gasteiger partial charge in [-0.2, -0.15) is 18.2 Å². The second-order valence-electron chi connectivity index (χ2n) is 3.87. The van der Waals surface area contributed by atoms with Gasteiger partial charge < -0.3 is 9.09 Å². The Balaban J connectivity index is 1.91. The molecule has 0 saturated heterocycles. The van der Waals surface area contributed by atoms with Crippen molar-refractivity contribution < 1.29 is 17.7 Å². The van der Waals surface area contributed by atoms with Crippen LogP contribution in [0.5, 0.6) is 0 Å². The molecule has 0 aliphatic rings. The lowest BCUT2D eigenvalue weighted by atomic mass is 10.3. The summed E-state index contributed by atoms with van der Waals surface area (Å²) in [5.74, 6) is -1.39. The molecule has 98 valence electrons. The first kappa shape index (κ1) is 11.7. The minimum atomic E-state index is -4.62. The summed E-state index contributed by atoms with van der Waals surface area (Å²) in [6.45, 7) is 0.0695.